The first-order valence-electron chi connectivity index (χ1n) is 9.78. The number of thiocarbonyl (C=S) groups is 2. The van der Waals surface area contributed by atoms with E-state index in [0.29, 0.717) is 0 Å². The number of rotatable bonds is 6. The van der Waals surface area contributed by atoms with Crippen LogP contribution in [0.1, 0.15) is 50.7 Å². The van der Waals surface area contributed by atoms with Gasteiger partial charge in [-0.25, -0.2) is 0 Å². The van der Waals surface area contributed by atoms with Gasteiger partial charge in [-0.05, 0) is 11.1 Å². The number of fused-ring (bicyclic) bond motifs is 3. The van der Waals surface area contributed by atoms with E-state index in [9.17, 15) is 0 Å². The Morgan fingerprint density at radius 3 is 1.59 bits per heavy atom. The summed E-state index contributed by atoms with van der Waals surface area (Å²) in [5, 5.41) is 25.9. The third-order valence-corrected chi connectivity index (χ3v) is 7.97. The monoisotopic (exact) mass is 532 g/mol. The number of unbranched alkanes of at least 4 members (excludes halogenated alkanes) is 2. The van der Waals surface area contributed by atoms with Crippen molar-refractivity contribution in [3.63, 3.8) is 0 Å². The van der Waals surface area contributed by atoms with E-state index in [1.165, 1.54) is 47.1 Å². The van der Waals surface area contributed by atoms with Gasteiger partial charge in [0.1, 0.15) is 0 Å². The Bertz CT molecular complexity index is 646. The topological polar surface area (TPSA) is 72.8 Å². The van der Waals surface area contributed by atoms with Crippen molar-refractivity contribution in [3.05, 3.63) is 56.9 Å². The Labute approximate surface area is 196 Å². The molecule has 3 rings (SSSR count). The van der Waals surface area contributed by atoms with Gasteiger partial charge in [-0.2, -0.15) is 10.3 Å². The fourth-order valence-electron chi connectivity index (χ4n) is 2.59. The maximum atomic E-state index is 7.13. The van der Waals surface area contributed by atoms with Gasteiger partial charge >= 0.3 is 69.5 Å². The Morgan fingerprint density at radius 1 is 0.862 bits per heavy atom. The average Bonchev–Trinajstić information content (AvgIpc) is 2.75. The summed E-state index contributed by atoms with van der Waals surface area (Å²) in [6.07, 6.45) is 14.2. The third kappa shape index (κ3) is 12.8. The summed E-state index contributed by atoms with van der Waals surface area (Å²) in [7, 11) is 0. The van der Waals surface area contributed by atoms with Crippen molar-refractivity contribution >= 4 is 79.4 Å². The first-order valence-corrected chi connectivity index (χ1v) is 14.6. The van der Waals surface area contributed by atoms with Crippen LogP contribution in [0.5, 0.6) is 0 Å². The molecule has 29 heavy (non-hydrogen) atoms. The molecule has 0 spiro atoms. The molecule has 0 amide bonds. The van der Waals surface area contributed by atoms with E-state index in [2.05, 4.69) is 85.4 Å². The second kappa shape index (κ2) is 20.0. The minimum absolute atomic E-state index is 0.149. The second-order valence-corrected chi connectivity index (χ2v) is 10.7. The van der Waals surface area contributed by atoms with Crippen molar-refractivity contribution in [3.8, 4) is 0 Å². The number of isothiocyanates is 2. The zero-order chi connectivity index (χ0) is 21.7. The molecule has 2 aliphatic heterocycles. The molecule has 2 radical (unpaired) electrons. The fraction of sp³-hybridized carbons (Fsp3) is 0.455. The van der Waals surface area contributed by atoms with Crippen molar-refractivity contribution in [2.24, 2.45) is 0 Å². The summed E-state index contributed by atoms with van der Waals surface area (Å²) in [6, 6.07) is 4.22. The van der Waals surface area contributed by atoms with E-state index < -0.39 is 0 Å². The Morgan fingerprint density at radius 2 is 1.24 bits per heavy atom. The molecule has 1 aromatic rings. The Hall–Kier alpha value is -1.30. The SMILES string of the molecule is C1=Cc2ccc3c(c2[N-]C1)[N-]CC=C3.CCC[CH2][Sn][CH2]CCC.[N-]=C=S.[N-]=C=S. The zero-order valence-corrected chi connectivity index (χ0v) is 21.7. The predicted molar refractivity (Wildman–Crippen MR) is 137 cm³/mol. The predicted octanol–water partition coefficient (Wildman–Crippen LogP) is 8.20. The first kappa shape index (κ1) is 27.7. The number of benzene rings is 1. The van der Waals surface area contributed by atoms with Crippen LogP contribution in [0.2, 0.25) is 8.87 Å². The number of hydrogen-bond acceptors (Lipinski definition) is 2. The molecule has 0 bridgehead atoms. The minimum Gasteiger partial charge on any atom is -0.753 e. The van der Waals surface area contributed by atoms with Crippen molar-refractivity contribution in [2.45, 2.75) is 48.4 Å². The van der Waals surface area contributed by atoms with Crippen LogP contribution in [0, 0.1) is 0 Å². The van der Waals surface area contributed by atoms with E-state index >= 15 is 0 Å². The maximum Gasteiger partial charge on any atom is -0.0548 e. The zero-order valence-electron chi connectivity index (χ0n) is 17.2. The molecule has 0 aromatic heterocycles. The van der Waals surface area contributed by atoms with Gasteiger partial charge in [0.25, 0.3) is 0 Å². The molecule has 0 saturated heterocycles. The van der Waals surface area contributed by atoms with Gasteiger partial charge in [0, 0.05) is 0 Å². The van der Waals surface area contributed by atoms with Gasteiger partial charge in [0.2, 0.25) is 0 Å². The Kier molecular flexibility index (Phi) is 19.1. The van der Waals surface area contributed by atoms with E-state index in [4.69, 9.17) is 10.8 Å². The van der Waals surface area contributed by atoms with Crippen LogP contribution in [-0.4, -0.2) is 44.6 Å². The van der Waals surface area contributed by atoms with Crippen LogP contribution in [0.25, 0.3) is 33.6 Å². The first-order chi connectivity index (χ1) is 14.2. The molecule has 7 heteroatoms. The van der Waals surface area contributed by atoms with E-state index in [-0.39, 0.29) is 21.1 Å². The molecular weight excluding hydrogens is 503 g/mol. The molecule has 2 aliphatic rings. The van der Waals surface area contributed by atoms with Crippen molar-refractivity contribution in [1.82, 2.24) is 0 Å². The quantitative estimate of drug-likeness (QED) is 0.161. The molecule has 0 saturated carbocycles. The van der Waals surface area contributed by atoms with Gasteiger partial charge in [-0.15, -0.1) is 36.6 Å². The van der Waals surface area contributed by atoms with Crippen LogP contribution in [-0.2, 0) is 0 Å². The van der Waals surface area contributed by atoms with E-state index in [1.54, 1.807) is 8.87 Å². The van der Waals surface area contributed by atoms with Crippen LogP contribution >= 0.6 is 24.4 Å². The summed E-state index contributed by atoms with van der Waals surface area (Å²) >= 11 is 7.55. The van der Waals surface area contributed by atoms with Gasteiger partial charge < -0.3 is 21.5 Å². The Balaban J connectivity index is 0.000000454. The van der Waals surface area contributed by atoms with Crippen LogP contribution in [0.3, 0.4) is 0 Å². The van der Waals surface area contributed by atoms with Crippen LogP contribution in [0.4, 0.5) is 11.4 Å². The minimum atomic E-state index is 0.149. The third-order valence-electron chi connectivity index (χ3n) is 3.93. The van der Waals surface area contributed by atoms with Gasteiger partial charge in [0.05, 0.1) is 0 Å². The van der Waals surface area contributed by atoms with Crippen LogP contribution in [0.15, 0.2) is 24.3 Å². The normalized spacial score (nSPS) is 11.7. The number of hydrogen-bond donors (Lipinski definition) is 0. The number of nitrogens with zero attached hydrogens (tertiary/aromatic N) is 4. The standard InChI is InChI=1S/C12H10N2.2C4H9.2CNS.Sn/c1-3-9-5-6-10-4-2-8-14-12(10)11(9)13-7-1;2*1-3-4-2;2*2-1-3;/h1-6H,7-8H2;2*1,3-4H2,2H3;;;/q-2;;;2*-1;. The molecule has 0 fully saturated rings. The summed E-state index contributed by atoms with van der Waals surface area (Å²) in [4.78, 5) is 0. The van der Waals surface area contributed by atoms with Gasteiger partial charge in [-0.3, -0.25) is 0 Å². The smallest absolute Gasteiger partial charge is 0.0548 e. The molecule has 0 N–H and O–H groups in total. The maximum absolute atomic E-state index is 7.13. The largest absolute Gasteiger partial charge is 0.753 e. The van der Waals surface area contributed by atoms with Crippen molar-refractivity contribution < 1.29 is 0 Å². The molecule has 4 nitrogen and oxygen atoms in total. The molecule has 2 heterocycles. The van der Waals surface area contributed by atoms with E-state index in [0.717, 1.165) is 24.5 Å². The fourth-order valence-corrected chi connectivity index (χ4v) is 6.75. The van der Waals surface area contributed by atoms with Crippen molar-refractivity contribution in [2.75, 3.05) is 13.1 Å². The van der Waals surface area contributed by atoms with Crippen molar-refractivity contribution in [1.29, 1.82) is 0 Å². The molecule has 0 atom stereocenters. The molecule has 0 unspecified atom stereocenters. The molecule has 156 valence electrons. The summed E-state index contributed by atoms with van der Waals surface area (Å²) in [6.45, 7) is 6.14. The second-order valence-electron chi connectivity index (χ2n) is 6.07. The van der Waals surface area contributed by atoms with Gasteiger partial charge in [-0.1, -0.05) is 48.7 Å². The molecular formula is C22H28N4S2Sn-4. The summed E-state index contributed by atoms with van der Waals surface area (Å²) in [5.74, 6) is 0. The van der Waals surface area contributed by atoms with Gasteiger partial charge in [0.15, 0.2) is 0 Å². The summed E-state index contributed by atoms with van der Waals surface area (Å²) < 4.78 is 3.25. The molecule has 0 aliphatic carbocycles. The average molecular weight is 531 g/mol. The summed E-state index contributed by atoms with van der Waals surface area (Å²) in [5.41, 5.74) is 4.51. The van der Waals surface area contributed by atoms with Crippen LogP contribution < -0.4 is 0 Å². The van der Waals surface area contributed by atoms with E-state index in [1.807, 2.05) is 0 Å². The molecule has 1 aromatic carbocycles.